The van der Waals surface area contributed by atoms with Crippen molar-refractivity contribution in [2.24, 2.45) is 0 Å². The summed E-state index contributed by atoms with van der Waals surface area (Å²) in [5.41, 5.74) is 1.17. The molecule has 28 heavy (non-hydrogen) atoms. The normalized spacial score (nSPS) is 18.9. The Morgan fingerprint density at radius 3 is 1.86 bits per heavy atom. The fourth-order valence-electron chi connectivity index (χ4n) is 3.52. The lowest BCUT2D eigenvalue weighted by atomic mass is 10.1. The lowest BCUT2D eigenvalue weighted by Gasteiger charge is -2.34. The first-order valence-electron chi connectivity index (χ1n) is 9.65. The van der Waals surface area contributed by atoms with Gasteiger partial charge in [0.05, 0.1) is 4.90 Å². The van der Waals surface area contributed by atoms with Gasteiger partial charge in [0.1, 0.15) is 0 Å². The van der Waals surface area contributed by atoms with Crippen LogP contribution >= 0.6 is 0 Å². The van der Waals surface area contributed by atoms with Crippen LogP contribution in [-0.2, 0) is 19.6 Å². The average molecular weight is 406 g/mol. The predicted octanol–water partition coefficient (Wildman–Crippen LogP) is 1.48. The molecule has 0 unspecified atom stereocenters. The van der Waals surface area contributed by atoms with Crippen molar-refractivity contribution in [1.29, 1.82) is 0 Å². The number of carbonyl (C=O) groups excluding carboxylic acids is 2. The summed E-state index contributed by atoms with van der Waals surface area (Å²) in [6.07, 6.45) is 2.03. The molecule has 0 N–H and O–H groups in total. The number of hydrogen-bond donors (Lipinski definition) is 0. The van der Waals surface area contributed by atoms with E-state index in [1.54, 1.807) is 40.1 Å². The fraction of sp³-hybridized carbons (Fsp3) is 0.500. The lowest BCUT2D eigenvalue weighted by molar-refractivity contribution is -0.137. The Morgan fingerprint density at radius 1 is 0.821 bits per heavy atom. The number of piperazine rings is 1. The van der Waals surface area contributed by atoms with Crippen LogP contribution in [0.4, 0.5) is 0 Å². The highest BCUT2D eigenvalue weighted by molar-refractivity contribution is 7.89. The molecular formula is C20H27N3O4S. The molecule has 3 rings (SSSR count). The van der Waals surface area contributed by atoms with E-state index in [9.17, 15) is 18.0 Å². The number of carbonyl (C=O) groups is 2. The van der Waals surface area contributed by atoms with Gasteiger partial charge in [0.15, 0.2) is 0 Å². The average Bonchev–Trinajstić information content (AvgIpc) is 2.73. The maximum absolute atomic E-state index is 12.6. The molecule has 2 heterocycles. The number of sulfonamides is 1. The second-order valence-electron chi connectivity index (χ2n) is 7.23. The van der Waals surface area contributed by atoms with Crippen molar-refractivity contribution < 1.29 is 18.0 Å². The number of rotatable bonds is 5. The van der Waals surface area contributed by atoms with Crippen molar-refractivity contribution in [2.75, 3.05) is 39.3 Å². The third-order valence-corrected chi connectivity index (χ3v) is 7.26. The van der Waals surface area contributed by atoms with Crippen molar-refractivity contribution in [3.63, 3.8) is 0 Å². The fourth-order valence-corrected chi connectivity index (χ4v) is 4.97. The summed E-state index contributed by atoms with van der Waals surface area (Å²) < 4.78 is 26.7. The highest BCUT2D eigenvalue weighted by Crippen LogP contribution is 2.18. The van der Waals surface area contributed by atoms with Gasteiger partial charge in [0.2, 0.25) is 21.8 Å². The minimum Gasteiger partial charge on any atom is -0.342 e. The van der Waals surface area contributed by atoms with E-state index in [1.165, 1.54) is 9.88 Å². The molecule has 8 heteroatoms. The first-order chi connectivity index (χ1) is 13.4. The molecule has 0 aromatic heterocycles. The summed E-state index contributed by atoms with van der Waals surface area (Å²) in [6.45, 7) is 6.54. The molecule has 1 aromatic carbocycles. The highest BCUT2D eigenvalue weighted by Gasteiger charge is 2.30. The van der Waals surface area contributed by atoms with Crippen molar-refractivity contribution in [3.8, 4) is 0 Å². The standard InChI is InChI=1S/C20H27N3O4S/c1-17-9-11-21(12-10-17)19(24)7-8-20(25)22-13-15-23(16-14-22)28(26,27)18-5-3-2-4-6-18/h2-6H,1,7-16H2. The van der Waals surface area contributed by atoms with Crippen LogP contribution in [0, 0.1) is 0 Å². The van der Waals surface area contributed by atoms with Gasteiger partial charge >= 0.3 is 0 Å². The first kappa shape index (κ1) is 20.5. The molecule has 0 bridgehead atoms. The maximum Gasteiger partial charge on any atom is 0.243 e. The van der Waals surface area contributed by atoms with Crippen LogP contribution in [0.5, 0.6) is 0 Å². The monoisotopic (exact) mass is 405 g/mol. The third-order valence-electron chi connectivity index (χ3n) is 5.35. The van der Waals surface area contributed by atoms with Crippen LogP contribution in [0.25, 0.3) is 0 Å². The molecule has 152 valence electrons. The predicted molar refractivity (Wildman–Crippen MR) is 106 cm³/mol. The smallest absolute Gasteiger partial charge is 0.243 e. The zero-order valence-corrected chi connectivity index (χ0v) is 16.9. The molecule has 0 spiro atoms. The molecule has 0 atom stereocenters. The van der Waals surface area contributed by atoms with E-state index < -0.39 is 10.0 Å². The molecule has 0 radical (unpaired) electrons. The molecule has 0 saturated carbocycles. The maximum atomic E-state index is 12.6. The molecule has 2 saturated heterocycles. The molecule has 0 aliphatic carbocycles. The van der Waals surface area contributed by atoms with Crippen LogP contribution in [0.1, 0.15) is 25.7 Å². The first-order valence-corrected chi connectivity index (χ1v) is 11.1. The summed E-state index contributed by atoms with van der Waals surface area (Å²) in [5, 5.41) is 0. The van der Waals surface area contributed by atoms with Crippen LogP contribution in [0.2, 0.25) is 0 Å². The summed E-state index contributed by atoms with van der Waals surface area (Å²) in [5.74, 6) is -0.0855. The van der Waals surface area contributed by atoms with E-state index >= 15 is 0 Å². The van der Waals surface area contributed by atoms with Gasteiger partial charge in [-0.25, -0.2) is 8.42 Å². The lowest BCUT2D eigenvalue weighted by Crippen LogP contribution is -2.50. The van der Waals surface area contributed by atoms with Crippen molar-refractivity contribution in [2.45, 2.75) is 30.6 Å². The number of hydrogen-bond acceptors (Lipinski definition) is 4. The second kappa shape index (κ2) is 8.87. The van der Waals surface area contributed by atoms with Gasteiger partial charge in [-0.15, -0.1) is 0 Å². The second-order valence-corrected chi connectivity index (χ2v) is 9.17. The van der Waals surface area contributed by atoms with Crippen molar-refractivity contribution in [3.05, 3.63) is 42.5 Å². The Balaban J connectivity index is 1.46. The van der Waals surface area contributed by atoms with E-state index in [1.807, 2.05) is 0 Å². The Bertz CT molecular complexity index is 820. The molecule has 2 aliphatic rings. The number of benzene rings is 1. The number of likely N-dealkylation sites (tertiary alicyclic amines) is 1. The highest BCUT2D eigenvalue weighted by atomic mass is 32.2. The van der Waals surface area contributed by atoms with E-state index in [4.69, 9.17) is 0 Å². The summed E-state index contributed by atoms with van der Waals surface area (Å²) in [7, 11) is -3.53. The molecule has 2 amide bonds. The van der Waals surface area contributed by atoms with Crippen molar-refractivity contribution >= 4 is 21.8 Å². The van der Waals surface area contributed by atoms with Gasteiger partial charge in [-0.2, -0.15) is 4.31 Å². The van der Waals surface area contributed by atoms with Gasteiger partial charge in [-0.1, -0.05) is 30.4 Å². The Kier molecular flexibility index (Phi) is 6.51. The molecular weight excluding hydrogens is 378 g/mol. The zero-order valence-electron chi connectivity index (χ0n) is 16.0. The summed E-state index contributed by atoms with van der Waals surface area (Å²) in [6, 6.07) is 8.32. The minimum absolute atomic E-state index is 0.00569. The quantitative estimate of drug-likeness (QED) is 0.695. The van der Waals surface area contributed by atoms with Gasteiger partial charge in [-0.05, 0) is 25.0 Å². The van der Waals surface area contributed by atoms with Crippen LogP contribution in [0.15, 0.2) is 47.4 Å². The third kappa shape index (κ3) is 4.80. The number of piperidine rings is 1. The van der Waals surface area contributed by atoms with Crippen LogP contribution in [-0.4, -0.2) is 73.6 Å². The van der Waals surface area contributed by atoms with Gasteiger partial charge in [-0.3, -0.25) is 9.59 Å². The Labute approximate surface area is 166 Å². The zero-order chi connectivity index (χ0) is 20.1. The molecule has 1 aromatic rings. The van der Waals surface area contributed by atoms with E-state index in [2.05, 4.69) is 6.58 Å². The van der Waals surface area contributed by atoms with E-state index in [0.717, 1.165) is 12.8 Å². The minimum atomic E-state index is -3.53. The summed E-state index contributed by atoms with van der Waals surface area (Å²) >= 11 is 0. The SMILES string of the molecule is C=C1CCN(C(=O)CCC(=O)N2CCN(S(=O)(=O)c3ccccc3)CC2)CC1. The molecule has 2 fully saturated rings. The molecule has 7 nitrogen and oxygen atoms in total. The van der Waals surface area contributed by atoms with E-state index in [0.29, 0.717) is 26.2 Å². The summed E-state index contributed by atoms with van der Waals surface area (Å²) in [4.78, 5) is 28.4. The largest absolute Gasteiger partial charge is 0.342 e. The van der Waals surface area contributed by atoms with Crippen molar-refractivity contribution in [1.82, 2.24) is 14.1 Å². The van der Waals surface area contributed by atoms with Gasteiger partial charge in [0.25, 0.3) is 0 Å². The Hall–Kier alpha value is -2.19. The van der Waals surface area contributed by atoms with Gasteiger partial charge in [0, 0.05) is 52.1 Å². The van der Waals surface area contributed by atoms with E-state index in [-0.39, 0.29) is 42.6 Å². The Morgan fingerprint density at radius 2 is 1.32 bits per heavy atom. The number of nitrogens with zero attached hydrogens (tertiary/aromatic N) is 3. The van der Waals surface area contributed by atoms with Crippen LogP contribution < -0.4 is 0 Å². The topological polar surface area (TPSA) is 78.0 Å². The molecule has 2 aliphatic heterocycles. The number of amides is 2. The van der Waals surface area contributed by atoms with Crippen LogP contribution in [0.3, 0.4) is 0 Å². The van der Waals surface area contributed by atoms with Gasteiger partial charge < -0.3 is 9.80 Å².